The van der Waals surface area contributed by atoms with Gasteiger partial charge in [-0.2, -0.15) is 0 Å². The summed E-state index contributed by atoms with van der Waals surface area (Å²) in [5, 5.41) is 24.8. The minimum Gasteiger partial charge on any atom is -0.481 e. The fraction of sp³-hybridized carbons (Fsp3) is 0.560. The van der Waals surface area contributed by atoms with E-state index in [0.29, 0.717) is 18.9 Å². The van der Waals surface area contributed by atoms with Gasteiger partial charge in [-0.15, -0.1) is 11.3 Å². The molecule has 1 heterocycles. The van der Waals surface area contributed by atoms with E-state index in [4.69, 9.17) is 9.84 Å². The van der Waals surface area contributed by atoms with E-state index in [9.17, 15) is 9.90 Å². The van der Waals surface area contributed by atoms with E-state index in [-0.39, 0.29) is 24.7 Å². The van der Waals surface area contributed by atoms with Gasteiger partial charge >= 0.3 is 5.97 Å². The fourth-order valence-corrected chi connectivity index (χ4v) is 5.49. The highest BCUT2D eigenvalue weighted by atomic mass is 32.1. The van der Waals surface area contributed by atoms with Gasteiger partial charge in [0.05, 0.1) is 25.2 Å². The zero-order valence-electron chi connectivity index (χ0n) is 18.8. The van der Waals surface area contributed by atoms with E-state index in [1.165, 1.54) is 11.1 Å². The minimum atomic E-state index is -0.793. The molecule has 0 spiro atoms. The van der Waals surface area contributed by atoms with Crippen molar-refractivity contribution >= 4 is 17.3 Å². The molecular weight excluding hydrogens is 410 g/mol. The van der Waals surface area contributed by atoms with Crippen LogP contribution in [-0.2, 0) is 28.8 Å². The zero-order valence-corrected chi connectivity index (χ0v) is 19.6. The van der Waals surface area contributed by atoms with E-state index < -0.39 is 12.1 Å². The number of aliphatic hydroxyl groups excluding tert-OH is 1. The second-order valence-corrected chi connectivity index (χ2v) is 10.3. The minimum absolute atomic E-state index is 0.0589. The van der Waals surface area contributed by atoms with Gasteiger partial charge in [0.2, 0.25) is 0 Å². The lowest BCUT2D eigenvalue weighted by molar-refractivity contribution is -0.136. The molecule has 3 rings (SSSR count). The average molecular weight is 446 g/mol. The third-order valence-corrected chi connectivity index (χ3v) is 7.07. The van der Waals surface area contributed by atoms with Gasteiger partial charge in [-0.25, -0.2) is 0 Å². The number of fused-ring (bicyclic) bond motifs is 1. The van der Waals surface area contributed by atoms with Crippen molar-refractivity contribution in [1.82, 2.24) is 5.32 Å². The van der Waals surface area contributed by atoms with Gasteiger partial charge in [-0.1, -0.05) is 24.3 Å². The van der Waals surface area contributed by atoms with E-state index in [2.05, 4.69) is 43.4 Å². The molecule has 6 heteroatoms. The Bertz CT molecular complexity index is 838. The molecule has 0 amide bonds. The van der Waals surface area contributed by atoms with Gasteiger partial charge in [-0.3, -0.25) is 4.79 Å². The maximum atomic E-state index is 10.8. The van der Waals surface area contributed by atoms with E-state index in [0.717, 1.165) is 29.7 Å². The normalized spacial score (nSPS) is 16.3. The highest BCUT2D eigenvalue weighted by molar-refractivity contribution is 7.10. The van der Waals surface area contributed by atoms with Crippen molar-refractivity contribution in [1.29, 1.82) is 0 Å². The number of carboxylic acid groups (broad SMARTS) is 1. The van der Waals surface area contributed by atoms with E-state index in [1.807, 2.05) is 18.4 Å². The number of aliphatic carboxylic acids is 1. The second kappa shape index (κ2) is 10.7. The first kappa shape index (κ1) is 23.9. The maximum Gasteiger partial charge on any atom is 0.303 e. The number of carbonyl (C=O) groups is 1. The van der Waals surface area contributed by atoms with Crippen molar-refractivity contribution in [3.8, 4) is 0 Å². The molecule has 0 bridgehead atoms. The maximum absolute atomic E-state index is 10.8. The molecule has 170 valence electrons. The van der Waals surface area contributed by atoms with Crippen molar-refractivity contribution in [3.63, 3.8) is 0 Å². The Morgan fingerprint density at radius 1 is 1.26 bits per heavy atom. The summed E-state index contributed by atoms with van der Waals surface area (Å²) < 4.78 is 5.91. The van der Waals surface area contributed by atoms with Gasteiger partial charge < -0.3 is 20.3 Å². The zero-order chi connectivity index (χ0) is 22.4. The van der Waals surface area contributed by atoms with Gasteiger partial charge in [0, 0.05) is 17.0 Å². The first-order chi connectivity index (χ1) is 14.7. The molecule has 1 aromatic carbocycles. The van der Waals surface area contributed by atoms with Crippen LogP contribution in [0.3, 0.4) is 0 Å². The van der Waals surface area contributed by atoms with Crippen LogP contribution in [0.2, 0.25) is 0 Å². The lowest BCUT2D eigenvalue weighted by Gasteiger charge is -2.30. The van der Waals surface area contributed by atoms with Gasteiger partial charge in [0.1, 0.15) is 0 Å². The van der Waals surface area contributed by atoms with Crippen LogP contribution in [0, 0.1) is 5.92 Å². The van der Waals surface area contributed by atoms with Crippen LogP contribution < -0.4 is 5.32 Å². The van der Waals surface area contributed by atoms with Crippen LogP contribution in [0.5, 0.6) is 0 Å². The number of hydrogen-bond donors (Lipinski definition) is 3. The van der Waals surface area contributed by atoms with Crippen molar-refractivity contribution < 1.29 is 19.7 Å². The van der Waals surface area contributed by atoms with Gasteiger partial charge in [0.15, 0.2) is 0 Å². The fourth-order valence-electron chi connectivity index (χ4n) is 4.52. The Labute approximate surface area is 189 Å². The summed E-state index contributed by atoms with van der Waals surface area (Å²) in [6.45, 7) is 7.08. The molecule has 0 fully saturated rings. The Morgan fingerprint density at radius 3 is 2.58 bits per heavy atom. The van der Waals surface area contributed by atoms with Gasteiger partial charge in [0.25, 0.3) is 0 Å². The van der Waals surface area contributed by atoms with E-state index >= 15 is 0 Å². The molecule has 1 unspecified atom stereocenters. The lowest BCUT2D eigenvalue weighted by Crippen LogP contribution is -2.45. The number of ether oxygens (including phenoxy) is 1. The first-order valence-corrected chi connectivity index (χ1v) is 12.0. The summed E-state index contributed by atoms with van der Waals surface area (Å²) >= 11 is 1.56. The highest BCUT2D eigenvalue weighted by Crippen LogP contribution is 2.32. The largest absolute Gasteiger partial charge is 0.481 e. The molecule has 5 nitrogen and oxygen atoms in total. The van der Waals surface area contributed by atoms with Crippen LogP contribution in [0.15, 0.2) is 35.7 Å². The number of carboxylic acids is 1. The average Bonchev–Trinajstić information content (AvgIpc) is 3.34. The third-order valence-electron chi connectivity index (χ3n) is 6.07. The predicted octanol–water partition coefficient (Wildman–Crippen LogP) is 4.38. The topological polar surface area (TPSA) is 78.8 Å². The summed E-state index contributed by atoms with van der Waals surface area (Å²) in [5.41, 5.74) is 3.91. The third kappa shape index (κ3) is 7.14. The molecule has 1 aromatic heterocycles. The first-order valence-electron chi connectivity index (χ1n) is 11.1. The van der Waals surface area contributed by atoms with E-state index in [1.54, 1.807) is 11.3 Å². The number of aryl methyl sites for hydroxylation is 1. The molecule has 3 N–H and O–H groups in total. The molecule has 2 atom stereocenters. The van der Waals surface area contributed by atoms with Gasteiger partial charge in [-0.05, 0) is 80.5 Å². The number of benzene rings is 1. The standard InChI is InChI=1S/C25H35NO4S/c1-17(22-10-11-31-23(22)8-9-24(28)29)30-16-21(27)15-26-25(2,3)14-18-12-19-6-4-5-7-20(19)13-18/h4-7,10-11,17-18,21,26-27H,8-9,12-16H2,1-3H3,(H,28,29)/t17?,21-/m1/s1. The molecule has 0 saturated heterocycles. The van der Waals surface area contributed by atoms with Crippen LogP contribution >= 0.6 is 11.3 Å². The molecule has 0 radical (unpaired) electrons. The monoisotopic (exact) mass is 445 g/mol. The van der Waals surface area contributed by atoms with Crippen LogP contribution in [0.4, 0.5) is 0 Å². The summed E-state index contributed by atoms with van der Waals surface area (Å²) in [5.74, 6) is -0.158. The van der Waals surface area contributed by atoms with Crippen molar-refractivity contribution in [3.05, 3.63) is 57.3 Å². The summed E-state index contributed by atoms with van der Waals surface area (Å²) in [6.07, 6.45) is 3.20. The number of β-amino-alcohol motifs (C(OH)–C–C–N with tert-alkyl or cyclic N) is 1. The molecule has 0 aliphatic heterocycles. The SMILES string of the molecule is CC(OC[C@H](O)CNC(C)(C)CC1Cc2ccccc2C1)c1ccsc1CCC(=O)O. The van der Waals surface area contributed by atoms with Crippen LogP contribution in [-0.4, -0.2) is 41.0 Å². The number of nitrogens with one attached hydrogen (secondary N) is 1. The Hall–Kier alpha value is -1.73. The molecule has 31 heavy (non-hydrogen) atoms. The predicted molar refractivity (Wildman–Crippen MR) is 125 cm³/mol. The summed E-state index contributed by atoms with van der Waals surface area (Å²) in [6, 6.07) is 10.7. The number of rotatable bonds is 12. The quantitative estimate of drug-likeness (QED) is 0.452. The number of thiophene rings is 1. The molecular formula is C25H35NO4S. The van der Waals surface area contributed by atoms with Crippen molar-refractivity contribution in [2.75, 3.05) is 13.2 Å². The summed E-state index contributed by atoms with van der Waals surface area (Å²) in [4.78, 5) is 11.9. The smallest absolute Gasteiger partial charge is 0.303 e. The second-order valence-electron chi connectivity index (χ2n) is 9.33. The molecule has 1 aliphatic rings. The van der Waals surface area contributed by atoms with Crippen LogP contribution in [0.1, 0.15) is 61.3 Å². The van der Waals surface area contributed by atoms with Crippen molar-refractivity contribution in [2.24, 2.45) is 5.92 Å². The summed E-state index contributed by atoms with van der Waals surface area (Å²) in [7, 11) is 0. The van der Waals surface area contributed by atoms with Crippen LogP contribution in [0.25, 0.3) is 0 Å². The Kier molecular flexibility index (Phi) is 8.28. The Balaban J connectivity index is 1.40. The number of aliphatic hydroxyl groups is 1. The molecule has 2 aromatic rings. The lowest BCUT2D eigenvalue weighted by atomic mass is 9.88. The molecule has 0 saturated carbocycles. The molecule has 1 aliphatic carbocycles. The highest BCUT2D eigenvalue weighted by Gasteiger charge is 2.28. The van der Waals surface area contributed by atoms with Crippen molar-refractivity contribution in [2.45, 2.75) is 70.6 Å². The number of hydrogen-bond acceptors (Lipinski definition) is 5. The Morgan fingerprint density at radius 2 is 1.94 bits per heavy atom.